The maximum Gasteiger partial charge on any atom is 0.210 e. The average molecular weight is 499 g/mol. The van der Waals surface area contributed by atoms with E-state index >= 15 is 0 Å². The molecule has 1 saturated heterocycles. The standard InChI is InChI=1S/C27H26N6O2S/c1-2-18(9-23-27(7-4-8-27)32(23)15-34)33-14-17(11-30-33)21-13-29-26(28)24-20(21)10-22(35-24)19-6-3-5-16-12-31-36-25(16)19/h3,5-6,10-15,18,23H,2,4,7-9H2,1H3,(H2,28,29)/t18-,23-,32?/m0/s1. The minimum atomic E-state index is 0.131. The van der Waals surface area contributed by atoms with Gasteiger partial charge in [0, 0.05) is 46.1 Å². The fraction of sp³-hybridized carbons (Fsp3) is 0.333. The third kappa shape index (κ3) is 3.05. The van der Waals surface area contributed by atoms with Gasteiger partial charge in [0.25, 0.3) is 0 Å². The zero-order chi connectivity index (χ0) is 24.4. The number of aromatic nitrogens is 4. The third-order valence-electron chi connectivity index (χ3n) is 8.22. The highest BCUT2D eigenvalue weighted by atomic mass is 32.1. The summed E-state index contributed by atoms with van der Waals surface area (Å²) in [6.45, 7) is 2.18. The molecule has 36 heavy (non-hydrogen) atoms. The van der Waals surface area contributed by atoms with Crippen LogP contribution in [0.3, 0.4) is 0 Å². The maximum atomic E-state index is 11.6. The molecule has 1 aliphatic carbocycles. The van der Waals surface area contributed by atoms with E-state index in [1.807, 2.05) is 46.2 Å². The molecule has 0 radical (unpaired) electrons. The van der Waals surface area contributed by atoms with Crippen LogP contribution in [0.2, 0.25) is 0 Å². The fourth-order valence-electron chi connectivity index (χ4n) is 6.00. The number of nitrogens with two attached hydrogens (primary N) is 1. The van der Waals surface area contributed by atoms with Gasteiger partial charge in [0.15, 0.2) is 11.4 Å². The van der Waals surface area contributed by atoms with Crippen LogP contribution in [0.4, 0.5) is 5.82 Å². The van der Waals surface area contributed by atoms with E-state index in [4.69, 9.17) is 15.2 Å². The summed E-state index contributed by atoms with van der Waals surface area (Å²) in [5, 5.41) is 6.73. The Balaban J connectivity index is 1.24. The molecule has 2 fully saturated rings. The predicted molar refractivity (Wildman–Crippen MR) is 140 cm³/mol. The smallest absolute Gasteiger partial charge is 0.210 e. The van der Waals surface area contributed by atoms with Crippen LogP contribution in [0.25, 0.3) is 43.5 Å². The predicted octanol–water partition coefficient (Wildman–Crippen LogP) is 5.65. The Morgan fingerprint density at radius 1 is 1.28 bits per heavy atom. The lowest BCUT2D eigenvalue weighted by molar-refractivity contribution is -0.115. The number of carbonyl (C=O) groups is 1. The van der Waals surface area contributed by atoms with Gasteiger partial charge in [-0.3, -0.25) is 9.48 Å². The number of rotatable bonds is 7. The molecule has 2 atom stereocenters. The molecule has 5 aromatic rings. The first-order chi connectivity index (χ1) is 17.6. The molecular weight excluding hydrogens is 472 g/mol. The van der Waals surface area contributed by atoms with E-state index in [9.17, 15) is 4.79 Å². The molecule has 7 rings (SSSR count). The summed E-state index contributed by atoms with van der Waals surface area (Å²) in [4.78, 5) is 18.0. The summed E-state index contributed by atoms with van der Waals surface area (Å²) in [6.07, 6.45) is 14.0. The number of anilines is 1. The Bertz CT molecular complexity index is 1610. The number of benzene rings is 1. The number of fused-ring (bicyclic) bond motifs is 2. The molecular formula is C27H26N6O2S. The van der Waals surface area contributed by atoms with Gasteiger partial charge in [-0.1, -0.05) is 19.1 Å². The number of furan rings is 1. The Morgan fingerprint density at radius 3 is 2.92 bits per heavy atom. The van der Waals surface area contributed by atoms with E-state index in [2.05, 4.69) is 22.5 Å². The Kier molecular flexibility index (Phi) is 4.73. The van der Waals surface area contributed by atoms with Gasteiger partial charge in [-0.15, -0.1) is 0 Å². The highest BCUT2D eigenvalue weighted by Crippen LogP contribution is 2.56. The van der Waals surface area contributed by atoms with Crippen LogP contribution in [0.1, 0.15) is 45.1 Å². The first kappa shape index (κ1) is 21.6. The molecule has 1 saturated carbocycles. The van der Waals surface area contributed by atoms with Crippen LogP contribution < -0.4 is 5.73 Å². The SMILES string of the molecule is CC[C@@H](C[C@@H]1N(C=O)C12CCC2)n1cc(-c2cnc(N)c3oc(-c4cccc5cnsc45)cc23)cn1. The van der Waals surface area contributed by atoms with E-state index in [1.165, 1.54) is 18.0 Å². The topological polar surface area (TPSA) is 103 Å². The Hall–Kier alpha value is -3.72. The Labute approximate surface area is 211 Å². The Morgan fingerprint density at radius 2 is 2.17 bits per heavy atom. The molecule has 9 heteroatoms. The molecule has 1 amide bonds. The van der Waals surface area contributed by atoms with Gasteiger partial charge in [0.1, 0.15) is 5.76 Å². The molecule has 5 heterocycles. The van der Waals surface area contributed by atoms with Gasteiger partial charge < -0.3 is 15.1 Å². The van der Waals surface area contributed by atoms with Crippen LogP contribution in [0, 0.1) is 0 Å². The molecule has 4 aromatic heterocycles. The van der Waals surface area contributed by atoms with Crippen LogP contribution in [-0.4, -0.2) is 42.0 Å². The highest BCUT2D eigenvalue weighted by Gasteiger charge is 2.65. The van der Waals surface area contributed by atoms with Crippen LogP contribution in [-0.2, 0) is 4.79 Å². The van der Waals surface area contributed by atoms with Gasteiger partial charge in [-0.25, -0.2) is 4.98 Å². The number of hydrogen-bond donors (Lipinski definition) is 1. The van der Waals surface area contributed by atoms with Crippen molar-refractivity contribution in [2.75, 3.05) is 5.73 Å². The van der Waals surface area contributed by atoms with Crippen molar-refractivity contribution < 1.29 is 9.21 Å². The summed E-state index contributed by atoms with van der Waals surface area (Å²) >= 11 is 1.45. The molecule has 1 spiro atoms. The van der Waals surface area contributed by atoms with Crippen molar-refractivity contribution in [2.45, 2.75) is 56.7 Å². The van der Waals surface area contributed by atoms with Crippen molar-refractivity contribution in [2.24, 2.45) is 0 Å². The monoisotopic (exact) mass is 498 g/mol. The number of amides is 1. The van der Waals surface area contributed by atoms with Gasteiger partial charge in [0.2, 0.25) is 6.41 Å². The second-order valence-corrected chi connectivity index (χ2v) is 10.8. The van der Waals surface area contributed by atoms with Crippen molar-refractivity contribution in [3.05, 3.63) is 49.1 Å². The quantitative estimate of drug-likeness (QED) is 0.230. The molecule has 182 valence electrons. The van der Waals surface area contributed by atoms with E-state index in [0.29, 0.717) is 17.4 Å². The lowest BCUT2D eigenvalue weighted by Crippen LogP contribution is -2.28. The fourth-order valence-corrected chi connectivity index (χ4v) is 6.76. The number of nitrogen functional groups attached to an aromatic ring is 1. The second kappa shape index (κ2) is 7.89. The molecule has 8 nitrogen and oxygen atoms in total. The van der Waals surface area contributed by atoms with E-state index < -0.39 is 0 Å². The normalized spacial score (nSPS) is 19.1. The zero-order valence-corrected chi connectivity index (χ0v) is 20.7. The first-order valence-corrected chi connectivity index (χ1v) is 13.2. The van der Waals surface area contributed by atoms with Crippen molar-refractivity contribution in [1.82, 2.24) is 24.0 Å². The van der Waals surface area contributed by atoms with Crippen LogP contribution >= 0.6 is 11.5 Å². The molecule has 1 aromatic carbocycles. The third-order valence-corrected chi connectivity index (χ3v) is 9.07. The van der Waals surface area contributed by atoms with Gasteiger partial charge in [0.05, 0.1) is 28.5 Å². The van der Waals surface area contributed by atoms with E-state index in [1.54, 1.807) is 6.20 Å². The molecule has 1 aliphatic heterocycles. The minimum absolute atomic E-state index is 0.131. The average Bonchev–Trinajstić information content (AvgIpc) is 3.36. The lowest BCUT2D eigenvalue weighted by atomic mass is 9.80. The largest absolute Gasteiger partial charge is 0.452 e. The van der Waals surface area contributed by atoms with Gasteiger partial charge >= 0.3 is 0 Å². The van der Waals surface area contributed by atoms with Crippen molar-refractivity contribution in [3.63, 3.8) is 0 Å². The van der Waals surface area contributed by atoms with Crippen molar-refractivity contribution in [1.29, 1.82) is 0 Å². The van der Waals surface area contributed by atoms with Crippen LogP contribution in [0.5, 0.6) is 0 Å². The van der Waals surface area contributed by atoms with E-state index in [0.717, 1.165) is 70.0 Å². The van der Waals surface area contributed by atoms with Crippen molar-refractivity contribution >= 4 is 44.8 Å². The number of carbonyl (C=O) groups excluding carboxylic acids is 1. The van der Waals surface area contributed by atoms with Gasteiger partial charge in [-0.2, -0.15) is 9.47 Å². The summed E-state index contributed by atoms with van der Waals surface area (Å²) in [5.41, 5.74) is 9.83. The molecule has 0 bridgehead atoms. The van der Waals surface area contributed by atoms with Gasteiger partial charge in [-0.05, 0) is 55.8 Å². The number of pyridine rings is 1. The summed E-state index contributed by atoms with van der Waals surface area (Å²) in [6, 6.07) is 8.70. The summed E-state index contributed by atoms with van der Waals surface area (Å²) in [7, 11) is 0. The first-order valence-electron chi connectivity index (χ1n) is 12.4. The van der Waals surface area contributed by atoms with Crippen molar-refractivity contribution in [3.8, 4) is 22.5 Å². The number of hydrogen-bond acceptors (Lipinski definition) is 7. The molecule has 2 aliphatic rings. The second-order valence-electron chi connectivity index (χ2n) is 9.95. The zero-order valence-electron chi connectivity index (χ0n) is 19.9. The lowest BCUT2D eigenvalue weighted by Gasteiger charge is -2.25. The minimum Gasteiger partial charge on any atom is -0.452 e. The summed E-state index contributed by atoms with van der Waals surface area (Å²) < 4.78 is 13.7. The molecule has 2 N–H and O–H groups in total. The molecule has 0 unspecified atom stereocenters. The van der Waals surface area contributed by atoms with Crippen LogP contribution in [0.15, 0.2) is 53.5 Å². The number of nitrogens with zero attached hydrogens (tertiary/aromatic N) is 5. The summed E-state index contributed by atoms with van der Waals surface area (Å²) in [5.74, 6) is 1.11. The highest BCUT2D eigenvalue weighted by molar-refractivity contribution is 7.13. The van der Waals surface area contributed by atoms with E-state index in [-0.39, 0.29) is 11.6 Å². The maximum absolute atomic E-state index is 11.6.